The quantitative estimate of drug-likeness (QED) is 0.861. The molecule has 1 heterocycles. The van der Waals surface area contributed by atoms with Crippen LogP contribution in [0.2, 0.25) is 5.02 Å². The average molecular weight is 307 g/mol. The van der Waals surface area contributed by atoms with Crippen LogP contribution in [0.1, 0.15) is 31.2 Å². The van der Waals surface area contributed by atoms with Crippen LogP contribution in [0.25, 0.3) is 0 Å². The summed E-state index contributed by atoms with van der Waals surface area (Å²) >= 11 is 5.87. The molecule has 2 rings (SSSR count). The van der Waals surface area contributed by atoms with E-state index in [0.717, 1.165) is 11.3 Å². The van der Waals surface area contributed by atoms with Gasteiger partial charge in [-0.15, -0.1) is 0 Å². The first kappa shape index (κ1) is 15.6. The number of rotatable bonds is 6. The summed E-state index contributed by atoms with van der Waals surface area (Å²) in [4.78, 5) is 12.0. The maximum atomic E-state index is 12.0. The molecular weight excluding hydrogens is 288 g/mol. The Labute approximate surface area is 129 Å². The maximum Gasteiger partial charge on any atom is 0.237 e. The molecule has 2 aromatic rings. The van der Waals surface area contributed by atoms with Gasteiger partial charge in [0.05, 0.1) is 18.8 Å². The fraction of sp³-hybridized carbons (Fsp3) is 0.312. The van der Waals surface area contributed by atoms with Gasteiger partial charge in [-0.25, -0.2) is 0 Å². The predicted molar refractivity (Wildman–Crippen MR) is 83.0 cm³/mol. The highest BCUT2D eigenvalue weighted by atomic mass is 35.5. The van der Waals surface area contributed by atoms with Crippen molar-refractivity contribution in [2.75, 3.05) is 0 Å². The fourth-order valence-electron chi connectivity index (χ4n) is 2.04. The first-order valence-electron chi connectivity index (χ1n) is 6.88. The Morgan fingerprint density at radius 1 is 1.24 bits per heavy atom. The van der Waals surface area contributed by atoms with Crippen LogP contribution < -0.4 is 10.6 Å². The van der Waals surface area contributed by atoms with E-state index in [0.29, 0.717) is 11.6 Å². The molecule has 0 radical (unpaired) electrons. The summed E-state index contributed by atoms with van der Waals surface area (Å²) in [6.45, 7) is 4.25. The minimum atomic E-state index is -0.300. The second-order valence-electron chi connectivity index (χ2n) is 4.96. The molecule has 2 atom stereocenters. The topological polar surface area (TPSA) is 54.3 Å². The van der Waals surface area contributed by atoms with E-state index in [9.17, 15) is 4.79 Å². The highest BCUT2D eigenvalue weighted by Crippen LogP contribution is 2.16. The summed E-state index contributed by atoms with van der Waals surface area (Å²) in [6.07, 6.45) is 1.59. The molecule has 1 aromatic heterocycles. The van der Waals surface area contributed by atoms with Crippen LogP contribution in [0.15, 0.2) is 47.1 Å². The van der Waals surface area contributed by atoms with Gasteiger partial charge >= 0.3 is 0 Å². The Kier molecular flexibility index (Phi) is 5.42. The third-order valence-electron chi connectivity index (χ3n) is 3.28. The molecule has 4 nitrogen and oxygen atoms in total. The summed E-state index contributed by atoms with van der Waals surface area (Å²) in [7, 11) is 0. The number of carbonyl (C=O) groups excluding carboxylic acids is 1. The van der Waals surface area contributed by atoms with Crippen LogP contribution >= 0.6 is 11.6 Å². The van der Waals surface area contributed by atoms with E-state index in [1.807, 2.05) is 44.2 Å². The summed E-state index contributed by atoms with van der Waals surface area (Å²) in [5.41, 5.74) is 1.09. The lowest BCUT2D eigenvalue weighted by Gasteiger charge is -2.20. The molecule has 0 saturated heterocycles. The van der Waals surface area contributed by atoms with Gasteiger partial charge < -0.3 is 9.73 Å². The summed E-state index contributed by atoms with van der Waals surface area (Å²) < 4.78 is 5.18. The number of amides is 1. The van der Waals surface area contributed by atoms with E-state index < -0.39 is 0 Å². The number of hydrogen-bond donors (Lipinski definition) is 2. The number of hydrogen-bond acceptors (Lipinski definition) is 3. The van der Waals surface area contributed by atoms with E-state index in [-0.39, 0.29) is 18.0 Å². The predicted octanol–water partition coefficient (Wildman–Crippen LogP) is 3.29. The van der Waals surface area contributed by atoms with E-state index in [4.69, 9.17) is 16.0 Å². The largest absolute Gasteiger partial charge is 0.467 e. The monoisotopic (exact) mass is 306 g/mol. The first-order chi connectivity index (χ1) is 10.1. The van der Waals surface area contributed by atoms with E-state index >= 15 is 0 Å². The van der Waals surface area contributed by atoms with Crippen molar-refractivity contribution < 1.29 is 9.21 Å². The molecular formula is C16H19ClN2O2. The minimum absolute atomic E-state index is 0.0617. The average Bonchev–Trinajstić information content (AvgIpc) is 2.98. The smallest absolute Gasteiger partial charge is 0.237 e. The van der Waals surface area contributed by atoms with Gasteiger partial charge in [0.2, 0.25) is 5.91 Å². The van der Waals surface area contributed by atoms with Gasteiger partial charge in [-0.1, -0.05) is 23.7 Å². The SMILES string of the molecule is CC(N[C@@H](C)c1ccc(Cl)cc1)C(=O)NCc1ccco1. The van der Waals surface area contributed by atoms with E-state index in [2.05, 4.69) is 10.6 Å². The molecule has 1 aromatic carbocycles. The Hall–Kier alpha value is -1.78. The van der Waals surface area contributed by atoms with Crippen LogP contribution in [0.4, 0.5) is 0 Å². The molecule has 0 aliphatic carbocycles. The Bertz CT molecular complexity index is 566. The minimum Gasteiger partial charge on any atom is -0.467 e. The van der Waals surface area contributed by atoms with Crippen molar-refractivity contribution in [3.8, 4) is 0 Å². The van der Waals surface area contributed by atoms with Crippen molar-refractivity contribution in [1.82, 2.24) is 10.6 Å². The van der Waals surface area contributed by atoms with Crippen LogP contribution in [-0.4, -0.2) is 11.9 Å². The molecule has 0 bridgehead atoms. The van der Waals surface area contributed by atoms with Crippen LogP contribution in [0.3, 0.4) is 0 Å². The number of halogens is 1. The zero-order valence-corrected chi connectivity index (χ0v) is 12.9. The third-order valence-corrected chi connectivity index (χ3v) is 3.53. The number of carbonyl (C=O) groups is 1. The normalized spacial score (nSPS) is 13.7. The molecule has 0 fully saturated rings. The zero-order valence-electron chi connectivity index (χ0n) is 12.1. The van der Waals surface area contributed by atoms with E-state index in [1.54, 1.807) is 12.3 Å². The van der Waals surface area contributed by atoms with Crippen molar-refractivity contribution in [3.63, 3.8) is 0 Å². The van der Waals surface area contributed by atoms with Crippen molar-refractivity contribution in [2.24, 2.45) is 0 Å². The second-order valence-corrected chi connectivity index (χ2v) is 5.40. The lowest BCUT2D eigenvalue weighted by atomic mass is 10.1. The van der Waals surface area contributed by atoms with Gasteiger partial charge in [0.25, 0.3) is 0 Å². The molecule has 1 amide bonds. The summed E-state index contributed by atoms with van der Waals surface area (Å²) in [5, 5.41) is 6.80. The molecule has 21 heavy (non-hydrogen) atoms. The van der Waals surface area contributed by atoms with Gasteiger partial charge in [-0.05, 0) is 43.7 Å². The van der Waals surface area contributed by atoms with Crippen LogP contribution in [0.5, 0.6) is 0 Å². The first-order valence-corrected chi connectivity index (χ1v) is 7.25. The van der Waals surface area contributed by atoms with Crippen LogP contribution in [0, 0.1) is 0 Å². The molecule has 0 saturated carbocycles. The lowest BCUT2D eigenvalue weighted by Crippen LogP contribution is -2.42. The second kappa shape index (κ2) is 7.29. The number of benzene rings is 1. The highest BCUT2D eigenvalue weighted by molar-refractivity contribution is 6.30. The van der Waals surface area contributed by atoms with Crippen molar-refractivity contribution >= 4 is 17.5 Å². The van der Waals surface area contributed by atoms with Gasteiger partial charge in [0.15, 0.2) is 0 Å². The molecule has 5 heteroatoms. The molecule has 2 N–H and O–H groups in total. The standard InChI is InChI=1S/C16H19ClN2O2/c1-11(13-5-7-14(17)8-6-13)19-12(2)16(20)18-10-15-4-3-9-21-15/h3-9,11-12,19H,10H2,1-2H3,(H,18,20)/t11-,12?/m0/s1. The fourth-order valence-corrected chi connectivity index (χ4v) is 2.16. The third kappa shape index (κ3) is 4.62. The molecule has 0 aliphatic rings. The van der Waals surface area contributed by atoms with Gasteiger partial charge in [0, 0.05) is 11.1 Å². The number of furan rings is 1. The van der Waals surface area contributed by atoms with Gasteiger partial charge in [-0.2, -0.15) is 0 Å². The summed E-state index contributed by atoms with van der Waals surface area (Å²) in [6, 6.07) is 11.0. The number of nitrogens with one attached hydrogen (secondary N) is 2. The van der Waals surface area contributed by atoms with Crippen molar-refractivity contribution in [2.45, 2.75) is 32.5 Å². The molecule has 0 aliphatic heterocycles. The van der Waals surface area contributed by atoms with Gasteiger partial charge in [0.1, 0.15) is 5.76 Å². The molecule has 112 valence electrons. The Morgan fingerprint density at radius 3 is 2.57 bits per heavy atom. The van der Waals surface area contributed by atoms with Crippen molar-refractivity contribution in [1.29, 1.82) is 0 Å². The maximum absolute atomic E-state index is 12.0. The highest BCUT2D eigenvalue weighted by Gasteiger charge is 2.16. The zero-order chi connectivity index (χ0) is 15.2. The molecule has 1 unspecified atom stereocenters. The van der Waals surface area contributed by atoms with Gasteiger partial charge in [-0.3, -0.25) is 10.1 Å². The lowest BCUT2D eigenvalue weighted by molar-refractivity contribution is -0.123. The Balaban J connectivity index is 1.83. The summed E-state index contributed by atoms with van der Waals surface area (Å²) in [5.74, 6) is 0.675. The van der Waals surface area contributed by atoms with Crippen molar-refractivity contribution in [3.05, 3.63) is 59.0 Å². The Morgan fingerprint density at radius 2 is 1.95 bits per heavy atom. The van der Waals surface area contributed by atoms with Crippen LogP contribution in [-0.2, 0) is 11.3 Å². The van der Waals surface area contributed by atoms with E-state index in [1.165, 1.54) is 0 Å². The molecule has 0 spiro atoms.